The van der Waals surface area contributed by atoms with Gasteiger partial charge in [0.25, 0.3) is 0 Å². The predicted octanol–water partition coefficient (Wildman–Crippen LogP) is 0.569. The molecule has 0 rings (SSSR count). The largest absolute Gasteiger partial charge is 0.298 e. The Morgan fingerprint density at radius 3 is 2.57 bits per heavy atom. The molecule has 2 radical (unpaired) electrons. The summed E-state index contributed by atoms with van der Waals surface area (Å²) >= 11 is 0. The number of nitrogens with one attached hydrogen (secondary N) is 1. The summed E-state index contributed by atoms with van der Waals surface area (Å²) < 4.78 is 0. The van der Waals surface area contributed by atoms with E-state index in [4.69, 9.17) is 5.41 Å². The van der Waals surface area contributed by atoms with Gasteiger partial charge in [0.05, 0.1) is 6.21 Å². The fourth-order valence-corrected chi connectivity index (χ4v) is 0.124. The third-order valence-electron chi connectivity index (χ3n) is 0.473. The minimum atomic E-state index is 0.495. The third kappa shape index (κ3) is 2.89. The Morgan fingerprint density at radius 2 is 2.43 bits per heavy atom. The Labute approximate surface area is 42.4 Å². The van der Waals surface area contributed by atoms with Crippen LogP contribution in [-0.2, 0) is 4.79 Å². The van der Waals surface area contributed by atoms with Crippen LogP contribution in [0.3, 0.4) is 0 Å². The molecular weight excluding hydrogens is 90.1 g/mol. The first-order chi connectivity index (χ1) is 3.31. The molecule has 0 aliphatic heterocycles. The average Bonchev–Trinajstić information content (AvgIpc) is 1.68. The van der Waals surface area contributed by atoms with Crippen molar-refractivity contribution in [3.05, 3.63) is 11.6 Å². The Balaban J connectivity index is 3.72. The van der Waals surface area contributed by atoms with E-state index in [1.54, 1.807) is 6.92 Å². The summed E-state index contributed by atoms with van der Waals surface area (Å²) in [5, 5.41) is 6.41. The standard InChI is InChI=1S/C5H5NO/c1-5(4-6)2-3-7/h2,6H,1H3/b5-2-,6-4?. The zero-order valence-corrected chi connectivity index (χ0v) is 3.99. The van der Waals surface area contributed by atoms with Crippen LogP contribution in [0.2, 0.25) is 0 Å². The number of carbonyl (C=O) groups excluding carboxylic acids is 1. The molecule has 0 heterocycles. The summed E-state index contributed by atoms with van der Waals surface area (Å²) in [6, 6.07) is 0. The number of hydrogen-bond acceptors (Lipinski definition) is 2. The van der Waals surface area contributed by atoms with Crippen molar-refractivity contribution in [2.24, 2.45) is 0 Å². The van der Waals surface area contributed by atoms with Crippen LogP contribution in [0.4, 0.5) is 0 Å². The lowest BCUT2D eigenvalue weighted by molar-refractivity contribution is 0.564. The van der Waals surface area contributed by atoms with Gasteiger partial charge in [-0.25, -0.2) is 0 Å². The van der Waals surface area contributed by atoms with Crippen molar-refractivity contribution in [1.82, 2.24) is 0 Å². The molecule has 0 amide bonds. The quantitative estimate of drug-likeness (QED) is 0.395. The van der Waals surface area contributed by atoms with E-state index in [9.17, 15) is 4.79 Å². The molecule has 0 saturated carbocycles. The van der Waals surface area contributed by atoms with Crippen LogP contribution in [0.15, 0.2) is 11.6 Å². The van der Waals surface area contributed by atoms with Crippen LogP contribution in [0.5, 0.6) is 0 Å². The van der Waals surface area contributed by atoms with Crippen molar-refractivity contribution in [2.45, 2.75) is 6.92 Å². The fraction of sp³-hybridized carbons (Fsp3) is 0.200. The Morgan fingerprint density at radius 1 is 1.86 bits per heavy atom. The van der Waals surface area contributed by atoms with Crippen molar-refractivity contribution in [3.8, 4) is 0 Å². The molecule has 0 aromatic carbocycles. The van der Waals surface area contributed by atoms with E-state index in [0.29, 0.717) is 5.57 Å². The maximum absolute atomic E-state index is 9.45. The summed E-state index contributed by atoms with van der Waals surface area (Å²) in [5.41, 5.74) is 0.495. The van der Waals surface area contributed by atoms with E-state index in [-0.39, 0.29) is 0 Å². The second-order valence-electron chi connectivity index (χ2n) is 1.07. The Hall–Kier alpha value is -0.920. The normalized spacial score (nSPS) is 10.7. The lowest BCUT2D eigenvalue weighted by Gasteiger charge is -1.74. The van der Waals surface area contributed by atoms with Gasteiger partial charge in [0.1, 0.15) is 0 Å². The minimum Gasteiger partial charge on any atom is -0.298 e. The van der Waals surface area contributed by atoms with Crippen molar-refractivity contribution in [3.63, 3.8) is 0 Å². The molecule has 1 N–H and O–H groups in total. The summed E-state index contributed by atoms with van der Waals surface area (Å²) in [7, 11) is 0. The predicted molar refractivity (Wildman–Crippen MR) is 27.2 cm³/mol. The maximum Gasteiger partial charge on any atom is 0.226 e. The SMILES string of the molecule is C/C([C]=N)=C/[C]=O. The van der Waals surface area contributed by atoms with Gasteiger partial charge in [0.15, 0.2) is 0 Å². The van der Waals surface area contributed by atoms with Crippen LogP contribution in [0, 0.1) is 5.41 Å². The second kappa shape index (κ2) is 3.28. The molecule has 0 aromatic rings. The first-order valence-electron chi connectivity index (χ1n) is 1.78. The Bertz CT molecular complexity index is 105. The lowest BCUT2D eigenvalue weighted by Crippen LogP contribution is -1.73. The molecule has 0 atom stereocenters. The van der Waals surface area contributed by atoms with E-state index in [2.05, 4.69) is 0 Å². The molecule has 0 unspecified atom stereocenters. The highest BCUT2D eigenvalue weighted by Gasteiger charge is 1.75. The monoisotopic (exact) mass is 95.0 g/mol. The van der Waals surface area contributed by atoms with Crippen molar-refractivity contribution in [1.29, 1.82) is 5.41 Å². The van der Waals surface area contributed by atoms with Gasteiger partial charge in [0.2, 0.25) is 6.29 Å². The smallest absolute Gasteiger partial charge is 0.226 e. The average molecular weight is 95.1 g/mol. The highest BCUT2D eigenvalue weighted by molar-refractivity contribution is 5.82. The maximum atomic E-state index is 9.45. The lowest BCUT2D eigenvalue weighted by atomic mass is 10.3. The van der Waals surface area contributed by atoms with Gasteiger partial charge in [-0.1, -0.05) is 0 Å². The zero-order valence-electron chi connectivity index (χ0n) is 3.99. The Kier molecular flexibility index (Phi) is 2.85. The zero-order chi connectivity index (χ0) is 5.70. The first-order valence-corrected chi connectivity index (χ1v) is 1.78. The molecule has 0 fully saturated rings. The molecule has 0 aliphatic rings. The van der Waals surface area contributed by atoms with Gasteiger partial charge in [-0.05, 0) is 18.6 Å². The summed E-state index contributed by atoms with van der Waals surface area (Å²) in [6.45, 7) is 1.61. The molecule has 7 heavy (non-hydrogen) atoms. The number of allylic oxidation sites excluding steroid dienone is 2. The third-order valence-corrected chi connectivity index (χ3v) is 0.473. The highest BCUT2D eigenvalue weighted by Crippen LogP contribution is 1.79. The molecule has 2 nitrogen and oxygen atoms in total. The van der Waals surface area contributed by atoms with Crippen molar-refractivity contribution >= 4 is 12.5 Å². The van der Waals surface area contributed by atoms with Crippen LogP contribution >= 0.6 is 0 Å². The van der Waals surface area contributed by atoms with Gasteiger partial charge in [-0.3, -0.25) is 10.2 Å². The van der Waals surface area contributed by atoms with E-state index in [1.807, 2.05) is 6.21 Å². The van der Waals surface area contributed by atoms with Gasteiger partial charge in [-0.15, -0.1) is 0 Å². The molecule has 0 saturated heterocycles. The summed E-state index contributed by atoms with van der Waals surface area (Å²) in [4.78, 5) is 9.45. The molecule has 36 valence electrons. The highest BCUT2D eigenvalue weighted by atomic mass is 16.1. The van der Waals surface area contributed by atoms with Gasteiger partial charge in [-0.2, -0.15) is 0 Å². The van der Waals surface area contributed by atoms with E-state index >= 15 is 0 Å². The molecule has 0 bridgehead atoms. The van der Waals surface area contributed by atoms with Crippen molar-refractivity contribution in [2.75, 3.05) is 0 Å². The molecule has 0 aromatic heterocycles. The molecule has 0 spiro atoms. The van der Waals surface area contributed by atoms with Crippen molar-refractivity contribution < 1.29 is 4.79 Å². The van der Waals surface area contributed by atoms with Gasteiger partial charge >= 0.3 is 0 Å². The van der Waals surface area contributed by atoms with E-state index in [1.165, 1.54) is 6.29 Å². The van der Waals surface area contributed by atoms with Crippen LogP contribution in [0.25, 0.3) is 0 Å². The minimum absolute atomic E-state index is 0.495. The fourth-order valence-electron chi connectivity index (χ4n) is 0.124. The summed E-state index contributed by atoms with van der Waals surface area (Å²) in [6.07, 6.45) is 4.70. The first kappa shape index (κ1) is 6.08. The van der Waals surface area contributed by atoms with Gasteiger partial charge < -0.3 is 0 Å². The van der Waals surface area contributed by atoms with Crippen LogP contribution in [0.1, 0.15) is 6.92 Å². The summed E-state index contributed by atoms with van der Waals surface area (Å²) in [5.74, 6) is 0. The van der Waals surface area contributed by atoms with Crippen LogP contribution < -0.4 is 0 Å². The topological polar surface area (TPSA) is 40.9 Å². The molecule has 2 heteroatoms. The number of rotatable bonds is 2. The number of hydrogen-bond donors (Lipinski definition) is 1. The van der Waals surface area contributed by atoms with Crippen LogP contribution in [-0.4, -0.2) is 12.5 Å². The molecular formula is C5H5NO. The van der Waals surface area contributed by atoms with E-state index < -0.39 is 0 Å². The second-order valence-corrected chi connectivity index (χ2v) is 1.07. The van der Waals surface area contributed by atoms with E-state index in [0.717, 1.165) is 6.08 Å². The molecule has 0 aliphatic carbocycles. The van der Waals surface area contributed by atoms with Gasteiger partial charge in [0, 0.05) is 0 Å².